The number of hydrogen-bond donors (Lipinski definition) is 0. The van der Waals surface area contributed by atoms with Crippen molar-refractivity contribution in [2.24, 2.45) is 5.92 Å². The maximum atomic E-state index is 3.91. The molecule has 2 heteroatoms. The summed E-state index contributed by atoms with van der Waals surface area (Å²) in [5.41, 5.74) is 1.47. The molecule has 204 valence electrons. The van der Waals surface area contributed by atoms with Gasteiger partial charge in [0, 0.05) is 16.5 Å². The monoisotopic (exact) mass is 528 g/mol. The molecule has 0 N–H and O–H groups in total. The van der Waals surface area contributed by atoms with Crippen molar-refractivity contribution in [2.75, 3.05) is 5.75 Å². The van der Waals surface area contributed by atoms with Crippen molar-refractivity contribution in [3.05, 3.63) is 81.9 Å². The Labute approximate surface area is 234 Å². The van der Waals surface area contributed by atoms with Gasteiger partial charge in [0.1, 0.15) is 0 Å². The molecule has 0 aliphatic carbocycles. The smallest absolute Gasteiger partial charge is 0.0417 e. The second-order valence-corrected chi connectivity index (χ2v) is 11.6. The summed E-state index contributed by atoms with van der Waals surface area (Å²) in [7, 11) is 0. The zero-order valence-corrected chi connectivity index (χ0v) is 26.1. The van der Waals surface area contributed by atoms with Crippen LogP contribution in [0.15, 0.2) is 71.5 Å². The largest absolute Gasteiger partial charge is 0.148 e. The highest BCUT2D eigenvalue weighted by atomic mass is 32.2. The number of allylic oxidation sites excluding steroid dienone is 3. The van der Waals surface area contributed by atoms with Gasteiger partial charge in [-0.25, -0.2) is 0 Å². The third kappa shape index (κ3) is 17.2. The third-order valence-corrected chi connectivity index (χ3v) is 8.16. The molecule has 0 fully saturated rings. The van der Waals surface area contributed by atoms with Crippen LogP contribution in [0.1, 0.15) is 122 Å². The number of aryl methyl sites for hydroxylation is 1. The topological polar surface area (TPSA) is 0 Å². The Kier molecular flexibility index (Phi) is 24.5. The van der Waals surface area contributed by atoms with Crippen LogP contribution < -0.4 is 0 Å². The van der Waals surface area contributed by atoms with Crippen molar-refractivity contribution >= 4 is 23.1 Å². The predicted molar refractivity (Wildman–Crippen MR) is 172 cm³/mol. The minimum Gasteiger partial charge on any atom is -0.148 e. The average Bonchev–Trinajstić information content (AvgIpc) is 3.62. The highest BCUT2D eigenvalue weighted by Gasteiger charge is 2.17. The molecule has 1 aromatic heterocycles. The van der Waals surface area contributed by atoms with Crippen molar-refractivity contribution in [3.8, 4) is 0 Å². The second-order valence-electron chi connectivity index (χ2n) is 9.47. The molecule has 1 aliphatic heterocycles. The maximum Gasteiger partial charge on any atom is 0.0417 e. The number of thiophene rings is 1. The quantitative estimate of drug-likeness (QED) is 0.195. The summed E-state index contributed by atoms with van der Waals surface area (Å²) in [6.07, 6.45) is 19.1. The van der Waals surface area contributed by atoms with Gasteiger partial charge in [0.05, 0.1) is 0 Å². The molecule has 0 radical (unpaired) electrons. The van der Waals surface area contributed by atoms with E-state index in [9.17, 15) is 0 Å². The second kappa shape index (κ2) is 25.4. The first-order chi connectivity index (χ1) is 17.6. The van der Waals surface area contributed by atoms with E-state index in [1.807, 2.05) is 23.1 Å². The third-order valence-electron chi connectivity index (χ3n) is 6.01. The zero-order valence-electron chi connectivity index (χ0n) is 24.4. The first kappa shape index (κ1) is 34.8. The average molecular weight is 529 g/mol. The number of benzene rings is 1. The van der Waals surface area contributed by atoms with Gasteiger partial charge in [0.2, 0.25) is 0 Å². The van der Waals surface area contributed by atoms with E-state index in [0.717, 1.165) is 5.92 Å². The first-order valence-corrected chi connectivity index (χ1v) is 16.5. The fraction of sp³-hybridized carbons (Fsp3) is 0.588. The molecule has 2 aromatic rings. The van der Waals surface area contributed by atoms with Gasteiger partial charge in [-0.05, 0) is 47.1 Å². The standard InChI is InChI=1S/C11H12S2.C11H16.C9H20.C3H8/c1-2-9(10-5-3-7-12-10)11-6-4-8-13-11;1-2-3-5-8-11-9-6-4-7-10-11;1-4-7-9(6-3)8-5-2;1-3-2/h2-3,5-7,9H,1,4,8H2;4,6-7,9-10H,2-3,5,8H2,1H3;9H,4-8H2,1-3H3;3H2,1-2H3. The molecule has 1 aromatic carbocycles. The Balaban J connectivity index is 0.000000492. The van der Waals surface area contributed by atoms with Crippen molar-refractivity contribution in [1.82, 2.24) is 0 Å². The van der Waals surface area contributed by atoms with Gasteiger partial charge in [0.25, 0.3) is 0 Å². The van der Waals surface area contributed by atoms with Crippen LogP contribution >= 0.6 is 23.1 Å². The van der Waals surface area contributed by atoms with Crippen LogP contribution in [0.5, 0.6) is 0 Å². The van der Waals surface area contributed by atoms with Crippen LogP contribution in [-0.2, 0) is 6.42 Å². The molecule has 0 amide bonds. The van der Waals surface area contributed by atoms with Crippen molar-refractivity contribution in [3.63, 3.8) is 0 Å². The van der Waals surface area contributed by atoms with E-state index < -0.39 is 0 Å². The Hall–Kier alpha value is -1.25. The van der Waals surface area contributed by atoms with E-state index in [0.29, 0.717) is 5.92 Å². The lowest BCUT2D eigenvalue weighted by atomic mass is 9.96. The zero-order chi connectivity index (χ0) is 26.9. The summed E-state index contributed by atoms with van der Waals surface area (Å²) in [6, 6.07) is 15.0. The van der Waals surface area contributed by atoms with E-state index in [1.165, 1.54) is 91.7 Å². The summed E-state index contributed by atoms with van der Waals surface area (Å²) in [5, 5.41) is 2.13. The minimum absolute atomic E-state index is 0.451. The van der Waals surface area contributed by atoms with Crippen LogP contribution in [0.4, 0.5) is 0 Å². The molecule has 0 bridgehead atoms. The molecule has 0 saturated carbocycles. The molecule has 1 unspecified atom stereocenters. The SMILES string of the molecule is C=CC(C1=CCCS1)c1cccs1.CCC.CCCC(CC)CCC.CCCCCc1ccccc1. The van der Waals surface area contributed by atoms with Crippen LogP contribution in [0, 0.1) is 5.92 Å². The van der Waals surface area contributed by atoms with Crippen molar-refractivity contribution in [1.29, 1.82) is 0 Å². The highest BCUT2D eigenvalue weighted by Crippen LogP contribution is 2.39. The van der Waals surface area contributed by atoms with Crippen LogP contribution in [-0.4, -0.2) is 5.75 Å². The Morgan fingerprint density at radius 2 is 1.53 bits per heavy atom. The minimum atomic E-state index is 0.451. The van der Waals surface area contributed by atoms with E-state index >= 15 is 0 Å². The summed E-state index contributed by atoms with van der Waals surface area (Å²) < 4.78 is 0. The van der Waals surface area contributed by atoms with Gasteiger partial charge in [-0.15, -0.1) is 29.7 Å². The van der Waals surface area contributed by atoms with E-state index in [1.54, 1.807) is 0 Å². The normalized spacial score (nSPS) is 12.8. The molecule has 0 saturated heterocycles. The fourth-order valence-corrected chi connectivity index (χ4v) is 6.11. The van der Waals surface area contributed by atoms with Crippen LogP contribution in [0.25, 0.3) is 0 Å². The first-order valence-electron chi connectivity index (χ1n) is 14.6. The molecule has 1 atom stereocenters. The van der Waals surface area contributed by atoms with Gasteiger partial charge in [-0.1, -0.05) is 141 Å². The van der Waals surface area contributed by atoms with Gasteiger partial charge in [0.15, 0.2) is 0 Å². The van der Waals surface area contributed by atoms with Gasteiger partial charge < -0.3 is 0 Å². The summed E-state index contributed by atoms with van der Waals surface area (Å²) in [5.74, 6) is 2.71. The predicted octanol–water partition coefficient (Wildman–Crippen LogP) is 12.5. The lowest BCUT2D eigenvalue weighted by Crippen LogP contribution is -1.96. The van der Waals surface area contributed by atoms with E-state index in [-0.39, 0.29) is 0 Å². The molecule has 0 spiro atoms. The number of rotatable bonds is 12. The molecule has 2 heterocycles. The molecule has 3 rings (SSSR count). The van der Waals surface area contributed by atoms with Gasteiger partial charge in [-0.2, -0.15) is 0 Å². The van der Waals surface area contributed by atoms with Crippen LogP contribution in [0.2, 0.25) is 0 Å². The number of unbranched alkanes of at least 4 members (excludes halogenated alkanes) is 2. The Morgan fingerprint density at radius 1 is 0.861 bits per heavy atom. The molecular formula is C34H56S2. The fourth-order valence-electron chi connectivity index (χ4n) is 4.09. The number of hydrogen-bond acceptors (Lipinski definition) is 2. The Morgan fingerprint density at radius 3 is 1.97 bits per heavy atom. The van der Waals surface area contributed by atoms with Gasteiger partial charge in [-0.3, -0.25) is 0 Å². The van der Waals surface area contributed by atoms with Crippen LogP contribution in [0.3, 0.4) is 0 Å². The summed E-state index contributed by atoms with van der Waals surface area (Å²) in [4.78, 5) is 2.90. The molecule has 36 heavy (non-hydrogen) atoms. The maximum absolute atomic E-state index is 3.91. The van der Waals surface area contributed by atoms with Crippen molar-refractivity contribution < 1.29 is 0 Å². The lowest BCUT2D eigenvalue weighted by molar-refractivity contribution is 0.427. The highest BCUT2D eigenvalue weighted by molar-refractivity contribution is 8.03. The summed E-state index contributed by atoms with van der Waals surface area (Å²) in [6.45, 7) is 17.3. The van der Waals surface area contributed by atoms with Crippen molar-refractivity contribution in [2.45, 2.75) is 118 Å². The number of thioether (sulfide) groups is 1. The molecule has 0 nitrogen and oxygen atoms in total. The summed E-state index contributed by atoms with van der Waals surface area (Å²) >= 11 is 3.79. The Bertz CT molecular complexity index is 724. The van der Waals surface area contributed by atoms with E-state index in [2.05, 4.69) is 108 Å². The van der Waals surface area contributed by atoms with E-state index in [4.69, 9.17) is 0 Å². The molecule has 1 aliphatic rings. The lowest BCUT2D eigenvalue weighted by Gasteiger charge is -2.10. The van der Waals surface area contributed by atoms with Gasteiger partial charge >= 0.3 is 0 Å². The molecular weight excluding hydrogens is 473 g/mol.